The molecule has 0 aliphatic carbocycles. The summed E-state index contributed by atoms with van der Waals surface area (Å²) in [7, 11) is 0. The summed E-state index contributed by atoms with van der Waals surface area (Å²) in [6, 6.07) is 3.50. The molecule has 1 unspecified atom stereocenters. The zero-order valence-electron chi connectivity index (χ0n) is 9.97. The number of H-pyrrole nitrogens is 1. The van der Waals surface area contributed by atoms with Crippen LogP contribution in [0.3, 0.4) is 0 Å². The van der Waals surface area contributed by atoms with Crippen LogP contribution in [0.2, 0.25) is 0 Å². The first-order valence-electron chi connectivity index (χ1n) is 5.95. The van der Waals surface area contributed by atoms with Crippen LogP contribution in [0.15, 0.2) is 18.3 Å². The van der Waals surface area contributed by atoms with Crippen LogP contribution < -0.4 is 5.32 Å². The summed E-state index contributed by atoms with van der Waals surface area (Å²) in [4.78, 5) is 34.1. The third-order valence-electron chi connectivity index (χ3n) is 3.37. The minimum atomic E-state index is -0.393. The van der Waals surface area contributed by atoms with Crippen LogP contribution in [0, 0.1) is 0 Å². The van der Waals surface area contributed by atoms with E-state index in [0.717, 1.165) is 17.2 Å². The molecule has 1 fully saturated rings. The number of fused-ring (bicyclic) bond motifs is 1. The lowest BCUT2D eigenvalue weighted by Crippen LogP contribution is -2.39. The van der Waals surface area contributed by atoms with Gasteiger partial charge in [-0.15, -0.1) is 0 Å². The number of nitrogens with zero attached hydrogens (tertiary/aromatic N) is 1. The first-order valence-corrected chi connectivity index (χ1v) is 5.95. The lowest BCUT2D eigenvalue weighted by atomic mass is 9.89. The van der Waals surface area contributed by atoms with Gasteiger partial charge in [0.25, 0.3) is 0 Å². The van der Waals surface area contributed by atoms with E-state index < -0.39 is 5.92 Å². The maximum Gasteiger partial charge on any atom is 0.234 e. The lowest BCUT2D eigenvalue weighted by Gasteiger charge is -2.21. The summed E-state index contributed by atoms with van der Waals surface area (Å²) in [5, 5.41) is 9.74. The number of aromatic nitrogens is 2. The van der Waals surface area contributed by atoms with E-state index in [0.29, 0.717) is 23.9 Å². The van der Waals surface area contributed by atoms with Crippen LogP contribution in [-0.4, -0.2) is 28.3 Å². The Kier molecular flexibility index (Phi) is 2.63. The first kappa shape index (κ1) is 11.6. The Bertz CT molecular complexity index is 689. The van der Waals surface area contributed by atoms with Crippen molar-refractivity contribution in [1.82, 2.24) is 15.5 Å². The Hall–Kier alpha value is -2.50. The number of amides is 2. The average Bonchev–Trinajstić information content (AvgIpc) is 2.85. The highest BCUT2D eigenvalue weighted by Crippen LogP contribution is 2.28. The molecule has 6 heteroatoms. The van der Waals surface area contributed by atoms with Gasteiger partial charge in [-0.3, -0.25) is 24.8 Å². The van der Waals surface area contributed by atoms with E-state index in [1.165, 1.54) is 0 Å². The molecule has 2 amide bonds. The van der Waals surface area contributed by atoms with Crippen molar-refractivity contribution in [1.29, 1.82) is 0 Å². The largest absolute Gasteiger partial charge is 0.298 e. The minimum absolute atomic E-state index is 0.249. The van der Waals surface area contributed by atoms with Gasteiger partial charge in [0.05, 0.1) is 17.6 Å². The van der Waals surface area contributed by atoms with Crippen molar-refractivity contribution in [2.75, 3.05) is 0 Å². The first-order chi connectivity index (χ1) is 9.19. The van der Waals surface area contributed by atoms with Gasteiger partial charge in [0.15, 0.2) is 6.29 Å². The van der Waals surface area contributed by atoms with Crippen molar-refractivity contribution in [3.8, 4) is 0 Å². The Balaban J connectivity index is 2.07. The number of carbonyl (C=O) groups is 3. The zero-order chi connectivity index (χ0) is 13.4. The summed E-state index contributed by atoms with van der Waals surface area (Å²) < 4.78 is 0. The molecule has 3 rings (SSSR count). The smallest absolute Gasteiger partial charge is 0.234 e. The van der Waals surface area contributed by atoms with Gasteiger partial charge in [-0.1, -0.05) is 0 Å². The van der Waals surface area contributed by atoms with Crippen LogP contribution in [0.5, 0.6) is 0 Å². The van der Waals surface area contributed by atoms with Gasteiger partial charge in [-0.25, -0.2) is 0 Å². The van der Waals surface area contributed by atoms with E-state index in [-0.39, 0.29) is 11.8 Å². The minimum Gasteiger partial charge on any atom is -0.298 e. The number of piperidine rings is 1. The fraction of sp³-hybridized carbons (Fsp3) is 0.231. The summed E-state index contributed by atoms with van der Waals surface area (Å²) in [5.74, 6) is -0.951. The van der Waals surface area contributed by atoms with Gasteiger partial charge in [0.1, 0.15) is 0 Å². The normalized spacial score (nSPS) is 19.5. The molecule has 1 atom stereocenters. The number of imide groups is 1. The Labute approximate surface area is 108 Å². The van der Waals surface area contributed by atoms with E-state index in [4.69, 9.17) is 0 Å². The predicted molar refractivity (Wildman–Crippen MR) is 66.6 cm³/mol. The summed E-state index contributed by atoms with van der Waals surface area (Å²) >= 11 is 0. The van der Waals surface area contributed by atoms with Crippen LogP contribution in [0.25, 0.3) is 10.9 Å². The molecule has 0 spiro atoms. The SMILES string of the molecule is O=Cc1cc(C2CCC(=O)NC2=O)cc2cn[nH]c12. The molecule has 1 aliphatic heterocycles. The molecule has 0 radical (unpaired) electrons. The van der Waals surface area contributed by atoms with Crippen LogP contribution >= 0.6 is 0 Å². The molecule has 6 nitrogen and oxygen atoms in total. The third-order valence-corrected chi connectivity index (χ3v) is 3.37. The molecule has 0 saturated carbocycles. The molecule has 1 aliphatic rings. The van der Waals surface area contributed by atoms with Crippen molar-refractivity contribution in [2.24, 2.45) is 0 Å². The monoisotopic (exact) mass is 257 g/mol. The second-order valence-corrected chi connectivity index (χ2v) is 4.57. The maximum atomic E-state index is 11.8. The molecule has 1 aromatic heterocycles. The van der Waals surface area contributed by atoms with E-state index in [2.05, 4.69) is 15.5 Å². The number of aromatic amines is 1. The number of carbonyl (C=O) groups excluding carboxylic acids is 3. The van der Waals surface area contributed by atoms with Crippen LogP contribution in [-0.2, 0) is 9.59 Å². The average molecular weight is 257 g/mol. The summed E-state index contributed by atoms with van der Waals surface area (Å²) in [5.41, 5.74) is 1.86. The van der Waals surface area contributed by atoms with Crippen molar-refractivity contribution < 1.29 is 14.4 Å². The van der Waals surface area contributed by atoms with E-state index in [9.17, 15) is 14.4 Å². The molecule has 2 aromatic rings. The van der Waals surface area contributed by atoms with Crippen molar-refractivity contribution in [2.45, 2.75) is 18.8 Å². The quantitative estimate of drug-likeness (QED) is 0.617. The van der Waals surface area contributed by atoms with Crippen molar-refractivity contribution >= 4 is 29.0 Å². The number of nitrogens with one attached hydrogen (secondary N) is 2. The fourth-order valence-electron chi connectivity index (χ4n) is 2.41. The summed E-state index contributed by atoms with van der Waals surface area (Å²) in [6.07, 6.45) is 3.12. The maximum absolute atomic E-state index is 11.8. The molecule has 19 heavy (non-hydrogen) atoms. The standard InChI is InChI=1S/C13H11N3O3/c17-6-9-4-7(3-8-5-14-16-12(8)9)10-1-2-11(18)15-13(10)19/h3-6,10H,1-2H2,(H,14,16)(H,15,18,19). The van der Waals surface area contributed by atoms with Gasteiger partial charge in [-0.05, 0) is 24.1 Å². The van der Waals surface area contributed by atoms with Crippen molar-refractivity contribution in [3.63, 3.8) is 0 Å². The molecular formula is C13H11N3O3. The Morgan fingerprint density at radius 2 is 2.16 bits per heavy atom. The lowest BCUT2D eigenvalue weighted by molar-refractivity contribution is -0.134. The number of aldehydes is 1. The molecule has 1 saturated heterocycles. The van der Waals surface area contributed by atoms with Gasteiger partial charge >= 0.3 is 0 Å². The number of hydrogen-bond acceptors (Lipinski definition) is 4. The molecule has 96 valence electrons. The molecule has 2 heterocycles. The highest BCUT2D eigenvalue weighted by molar-refractivity contribution is 6.02. The Morgan fingerprint density at radius 3 is 2.89 bits per heavy atom. The van der Waals surface area contributed by atoms with E-state index in [1.54, 1.807) is 12.3 Å². The van der Waals surface area contributed by atoms with E-state index >= 15 is 0 Å². The summed E-state index contributed by atoms with van der Waals surface area (Å²) in [6.45, 7) is 0. The van der Waals surface area contributed by atoms with Gasteiger partial charge in [0, 0.05) is 17.4 Å². The second-order valence-electron chi connectivity index (χ2n) is 4.57. The van der Waals surface area contributed by atoms with Crippen molar-refractivity contribution in [3.05, 3.63) is 29.5 Å². The van der Waals surface area contributed by atoms with Gasteiger partial charge in [-0.2, -0.15) is 5.10 Å². The predicted octanol–water partition coefficient (Wildman–Crippen LogP) is 0.896. The fourth-order valence-corrected chi connectivity index (χ4v) is 2.41. The topological polar surface area (TPSA) is 91.9 Å². The number of rotatable bonds is 2. The number of hydrogen-bond donors (Lipinski definition) is 2. The molecule has 1 aromatic carbocycles. The second kappa shape index (κ2) is 4.31. The van der Waals surface area contributed by atoms with Crippen LogP contribution in [0.1, 0.15) is 34.7 Å². The zero-order valence-corrected chi connectivity index (χ0v) is 9.97. The van der Waals surface area contributed by atoms with Crippen LogP contribution in [0.4, 0.5) is 0 Å². The van der Waals surface area contributed by atoms with E-state index in [1.807, 2.05) is 6.07 Å². The molecule has 2 N–H and O–H groups in total. The molecule has 0 bridgehead atoms. The van der Waals surface area contributed by atoms with Gasteiger partial charge < -0.3 is 0 Å². The Morgan fingerprint density at radius 1 is 1.32 bits per heavy atom. The molecular weight excluding hydrogens is 246 g/mol. The highest BCUT2D eigenvalue weighted by atomic mass is 16.2. The number of benzene rings is 1. The van der Waals surface area contributed by atoms with Gasteiger partial charge in [0.2, 0.25) is 11.8 Å². The third kappa shape index (κ3) is 1.91. The highest BCUT2D eigenvalue weighted by Gasteiger charge is 2.28.